The number of fused-ring (bicyclic) bond motifs is 1. The minimum absolute atomic E-state index is 0.225. The Balaban J connectivity index is 2.11. The first-order valence-corrected chi connectivity index (χ1v) is 5.82. The Labute approximate surface area is 99.5 Å². The van der Waals surface area contributed by atoms with Crippen LogP contribution in [0.5, 0.6) is 0 Å². The van der Waals surface area contributed by atoms with Crippen molar-refractivity contribution in [2.24, 2.45) is 0 Å². The van der Waals surface area contributed by atoms with Crippen molar-refractivity contribution < 1.29 is 0 Å². The fourth-order valence-corrected chi connectivity index (χ4v) is 2.29. The lowest BCUT2D eigenvalue weighted by molar-refractivity contribution is 1.04. The van der Waals surface area contributed by atoms with Crippen LogP contribution in [-0.2, 0) is 6.42 Å². The van der Waals surface area contributed by atoms with Gasteiger partial charge in [-0.15, -0.1) is 11.3 Å². The second kappa shape index (κ2) is 3.80. The van der Waals surface area contributed by atoms with Crippen molar-refractivity contribution in [1.82, 2.24) is 25.1 Å². The maximum Gasteiger partial charge on any atom is 0.224 e. The molecule has 80 valence electrons. The molecule has 0 aliphatic carbocycles. The Morgan fingerprint density at radius 1 is 1.38 bits per heavy atom. The summed E-state index contributed by atoms with van der Waals surface area (Å²) in [4.78, 5) is 12.5. The molecule has 7 heteroatoms. The molecule has 0 aliphatic heterocycles. The van der Waals surface area contributed by atoms with E-state index in [1.165, 1.54) is 0 Å². The lowest BCUT2D eigenvalue weighted by atomic mass is 10.2. The molecule has 0 saturated carbocycles. The Morgan fingerprint density at radius 3 is 3.12 bits per heavy atom. The molecule has 0 amide bonds. The molecule has 0 unspecified atom stereocenters. The quantitative estimate of drug-likeness (QED) is 0.708. The van der Waals surface area contributed by atoms with E-state index in [0.717, 1.165) is 16.1 Å². The van der Waals surface area contributed by atoms with Crippen LogP contribution in [0.25, 0.3) is 11.0 Å². The minimum atomic E-state index is 0.225. The topological polar surface area (TPSA) is 67.3 Å². The molecule has 3 aromatic heterocycles. The van der Waals surface area contributed by atoms with Crippen LogP contribution in [0, 0.1) is 0 Å². The minimum Gasteiger partial charge on any atom is -0.261 e. The molecule has 0 spiro atoms. The van der Waals surface area contributed by atoms with Crippen molar-refractivity contribution in [3.05, 3.63) is 33.8 Å². The van der Waals surface area contributed by atoms with Gasteiger partial charge in [-0.3, -0.25) is 5.10 Å². The molecule has 0 aromatic carbocycles. The molecule has 0 fully saturated rings. The average Bonchev–Trinajstić information content (AvgIpc) is 2.87. The summed E-state index contributed by atoms with van der Waals surface area (Å²) < 4.78 is 0. The standard InChI is InChI=1S/C9H6ClN5S/c10-9-13-6(3-7-11-1-2-16-7)5-4-12-15-8(5)14-9/h1-2,4H,3H2,(H,12,13,14,15). The summed E-state index contributed by atoms with van der Waals surface area (Å²) in [6.07, 6.45) is 4.12. The van der Waals surface area contributed by atoms with Crippen molar-refractivity contribution in [2.45, 2.75) is 6.42 Å². The Morgan fingerprint density at radius 2 is 2.31 bits per heavy atom. The summed E-state index contributed by atoms with van der Waals surface area (Å²) in [6.45, 7) is 0. The van der Waals surface area contributed by atoms with Gasteiger partial charge in [0.05, 0.1) is 22.3 Å². The third kappa shape index (κ3) is 1.66. The second-order valence-corrected chi connectivity index (χ2v) is 4.49. The van der Waals surface area contributed by atoms with Gasteiger partial charge in [-0.05, 0) is 11.6 Å². The van der Waals surface area contributed by atoms with Gasteiger partial charge in [-0.2, -0.15) is 10.1 Å². The summed E-state index contributed by atoms with van der Waals surface area (Å²) >= 11 is 7.42. The highest BCUT2D eigenvalue weighted by atomic mass is 35.5. The maximum absolute atomic E-state index is 5.83. The van der Waals surface area contributed by atoms with Crippen LogP contribution < -0.4 is 0 Å². The van der Waals surface area contributed by atoms with E-state index < -0.39 is 0 Å². The first-order valence-electron chi connectivity index (χ1n) is 4.57. The number of rotatable bonds is 2. The first kappa shape index (κ1) is 9.68. The zero-order chi connectivity index (χ0) is 11.0. The van der Waals surface area contributed by atoms with Gasteiger partial charge < -0.3 is 0 Å². The molecule has 1 N–H and O–H groups in total. The fraction of sp³-hybridized carbons (Fsp3) is 0.111. The van der Waals surface area contributed by atoms with Gasteiger partial charge in [0, 0.05) is 18.0 Å². The van der Waals surface area contributed by atoms with E-state index in [1.807, 2.05) is 5.38 Å². The smallest absolute Gasteiger partial charge is 0.224 e. The molecule has 3 aromatic rings. The number of nitrogens with one attached hydrogen (secondary N) is 1. The van der Waals surface area contributed by atoms with Crippen LogP contribution in [-0.4, -0.2) is 25.1 Å². The van der Waals surface area contributed by atoms with Crippen molar-refractivity contribution in [2.75, 3.05) is 0 Å². The average molecular weight is 252 g/mol. The molecular formula is C9H6ClN5S. The van der Waals surface area contributed by atoms with Crippen LogP contribution in [0.15, 0.2) is 17.8 Å². The molecule has 3 heterocycles. The van der Waals surface area contributed by atoms with E-state index in [9.17, 15) is 0 Å². The predicted octanol–water partition coefficient (Wildman–Crippen LogP) is 2.05. The number of nitrogens with zero attached hydrogens (tertiary/aromatic N) is 4. The van der Waals surface area contributed by atoms with Crippen molar-refractivity contribution in [3.63, 3.8) is 0 Å². The summed E-state index contributed by atoms with van der Waals surface area (Å²) in [6, 6.07) is 0. The molecule has 0 bridgehead atoms. The lowest BCUT2D eigenvalue weighted by Crippen LogP contribution is -1.95. The second-order valence-electron chi connectivity index (χ2n) is 3.17. The third-order valence-electron chi connectivity index (χ3n) is 2.16. The lowest BCUT2D eigenvalue weighted by Gasteiger charge is -1.99. The molecule has 0 aliphatic rings. The predicted molar refractivity (Wildman–Crippen MR) is 61.6 cm³/mol. The van der Waals surface area contributed by atoms with Crippen molar-refractivity contribution in [1.29, 1.82) is 0 Å². The summed E-state index contributed by atoms with van der Waals surface area (Å²) in [5, 5.41) is 10.8. The van der Waals surface area contributed by atoms with Gasteiger partial charge in [0.25, 0.3) is 0 Å². The Bertz CT molecular complexity index is 618. The van der Waals surface area contributed by atoms with E-state index in [-0.39, 0.29) is 5.28 Å². The molecular weight excluding hydrogens is 246 g/mol. The fourth-order valence-electron chi connectivity index (χ4n) is 1.48. The Kier molecular flexibility index (Phi) is 2.30. The van der Waals surface area contributed by atoms with E-state index >= 15 is 0 Å². The van der Waals surface area contributed by atoms with E-state index in [0.29, 0.717) is 12.1 Å². The highest BCUT2D eigenvalue weighted by Gasteiger charge is 2.10. The normalized spacial score (nSPS) is 11.1. The SMILES string of the molecule is Clc1nc(Cc2nccs2)c2cn[nH]c2n1. The first-order chi connectivity index (χ1) is 7.83. The van der Waals surface area contributed by atoms with Crippen molar-refractivity contribution >= 4 is 34.0 Å². The number of hydrogen-bond donors (Lipinski definition) is 1. The van der Waals surface area contributed by atoms with Gasteiger partial charge in [-0.1, -0.05) is 0 Å². The van der Waals surface area contributed by atoms with Crippen LogP contribution in [0.1, 0.15) is 10.7 Å². The van der Waals surface area contributed by atoms with Crippen LogP contribution in [0.4, 0.5) is 0 Å². The zero-order valence-corrected chi connectivity index (χ0v) is 9.59. The van der Waals surface area contributed by atoms with E-state index in [1.54, 1.807) is 23.7 Å². The van der Waals surface area contributed by atoms with Gasteiger partial charge in [-0.25, -0.2) is 9.97 Å². The van der Waals surface area contributed by atoms with Gasteiger partial charge in [0.2, 0.25) is 5.28 Å². The molecule has 0 saturated heterocycles. The molecule has 16 heavy (non-hydrogen) atoms. The van der Waals surface area contributed by atoms with Crippen molar-refractivity contribution in [3.8, 4) is 0 Å². The third-order valence-corrected chi connectivity index (χ3v) is 3.11. The molecule has 0 atom stereocenters. The molecule has 3 rings (SSSR count). The summed E-state index contributed by atoms with van der Waals surface area (Å²) in [7, 11) is 0. The summed E-state index contributed by atoms with van der Waals surface area (Å²) in [5.74, 6) is 0. The number of aromatic nitrogens is 5. The van der Waals surface area contributed by atoms with Crippen LogP contribution >= 0.6 is 22.9 Å². The Hall–Kier alpha value is -1.53. The maximum atomic E-state index is 5.83. The number of H-pyrrole nitrogens is 1. The number of aromatic amines is 1. The van der Waals surface area contributed by atoms with Gasteiger partial charge in [0.15, 0.2) is 5.65 Å². The molecule has 5 nitrogen and oxygen atoms in total. The molecule has 0 radical (unpaired) electrons. The largest absolute Gasteiger partial charge is 0.261 e. The highest BCUT2D eigenvalue weighted by molar-refractivity contribution is 7.09. The van der Waals surface area contributed by atoms with Crippen LogP contribution in [0.3, 0.4) is 0 Å². The number of hydrogen-bond acceptors (Lipinski definition) is 5. The van der Waals surface area contributed by atoms with Gasteiger partial charge >= 0.3 is 0 Å². The van der Waals surface area contributed by atoms with Gasteiger partial charge in [0.1, 0.15) is 0 Å². The van der Waals surface area contributed by atoms with E-state index in [2.05, 4.69) is 25.1 Å². The monoisotopic (exact) mass is 251 g/mol. The number of halogens is 1. The number of thiazole rings is 1. The summed E-state index contributed by atoms with van der Waals surface area (Å²) in [5.41, 5.74) is 1.50. The van der Waals surface area contributed by atoms with Crippen LogP contribution in [0.2, 0.25) is 5.28 Å². The zero-order valence-electron chi connectivity index (χ0n) is 8.01. The van der Waals surface area contributed by atoms with E-state index in [4.69, 9.17) is 11.6 Å². The highest BCUT2D eigenvalue weighted by Crippen LogP contribution is 2.19.